The Hall–Kier alpha value is -0.470. The number of methoxy groups -OCH3 is 1. The van der Waals surface area contributed by atoms with Crippen LogP contribution < -0.4 is 5.32 Å². The number of hydrogen-bond acceptors (Lipinski definition) is 6. The summed E-state index contributed by atoms with van der Waals surface area (Å²) in [6.45, 7) is 6.50. The number of halogens is 1. The molecule has 1 saturated heterocycles. The number of amides is 1. The first-order valence-electron chi connectivity index (χ1n) is 9.77. The van der Waals surface area contributed by atoms with Gasteiger partial charge in [0.25, 0.3) is 0 Å². The van der Waals surface area contributed by atoms with Crippen molar-refractivity contribution in [3.8, 4) is 0 Å². The summed E-state index contributed by atoms with van der Waals surface area (Å²) in [5.74, 6) is 0.603. The Labute approximate surface area is 177 Å². The molecular formula is C20H34ClNO5S. The van der Waals surface area contributed by atoms with E-state index >= 15 is 0 Å². The minimum atomic E-state index is -0.943. The van der Waals surface area contributed by atoms with Gasteiger partial charge >= 0.3 is 6.09 Å². The SMILES string of the molecule is COC1C(OC(=O)NCCCl)CCC(O)(CSC)C1C1(C)OC1CC=C(C)C. The molecule has 28 heavy (non-hydrogen) atoms. The standard InChI is InChI=1S/C20H34ClNO5S/c1-13(2)6-7-15-19(3,27-15)17-16(25-4)14(26-18(23)22-11-10-21)8-9-20(17,24)12-28-5/h6,14-17,24H,7-12H2,1-5H3,(H,22,23). The van der Waals surface area contributed by atoms with E-state index in [1.54, 1.807) is 18.9 Å². The van der Waals surface area contributed by atoms with Gasteiger partial charge in [-0.2, -0.15) is 11.8 Å². The van der Waals surface area contributed by atoms with Gasteiger partial charge in [0.05, 0.1) is 11.7 Å². The summed E-state index contributed by atoms with van der Waals surface area (Å²) in [7, 11) is 1.60. The Balaban J connectivity index is 2.22. The highest BCUT2D eigenvalue weighted by Crippen LogP contribution is 2.55. The molecule has 0 aromatic carbocycles. The molecule has 0 spiro atoms. The van der Waals surface area contributed by atoms with Crippen LogP contribution in [0.2, 0.25) is 0 Å². The van der Waals surface area contributed by atoms with E-state index in [1.165, 1.54) is 5.57 Å². The molecule has 162 valence electrons. The average molecular weight is 436 g/mol. The summed E-state index contributed by atoms with van der Waals surface area (Å²) < 4.78 is 17.6. The lowest BCUT2D eigenvalue weighted by Gasteiger charge is -2.48. The summed E-state index contributed by atoms with van der Waals surface area (Å²) in [4.78, 5) is 12.1. The maximum Gasteiger partial charge on any atom is 0.407 e. The quantitative estimate of drug-likeness (QED) is 0.328. The van der Waals surface area contributed by atoms with Crippen LogP contribution in [0.1, 0.15) is 40.0 Å². The molecule has 1 aliphatic heterocycles. The Morgan fingerprint density at radius 2 is 2.18 bits per heavy atom. The average Bonchev–Trinajstić information content (AvgIpc) is 3.30. The van der Waals surface area contributed by atoms with Crippen molar-refractivity contribution >= 4 is 29.5 Å². The predicted molar refractivity (Wildman–Crippen MR) is 113 cm³/mol. The molecule has 8 heteroatoms. The van der Waals surface area contributed by atoms with Crippen molar-refractivity contribution in [3.05, 3.63) is 11.6 Å². The highest BCUT2D eigenvalue weighted by atomic mass is 35.5. The minimum Gasteiger partial charge on any atom is -0.443 e. The van der Waals surface area contributed by atoms with E-state index in [9.17, 15) is 9.90 Å². The fourth-order valence-electron chi connectivity index (χ4n) is 4.42. The second-order valence-corrected chi connectivity index (χ2v) is 9.36. The first-order chi connectivity index (χ1) is 13.2. The van der Waals surface area contributed by atoms with E-state index in [2.05, 4.69) is 25.2 Å². The topological polar surface area (TPSA) is 80.3 Å². The van der Waals surface area contributed by atoms with Gasteiger partial charge < -0.3 is 24.6 Å². The molecule has 6 atom stereocenters. The van der Waals surface area contributed by atoms with Crippen molar-refractivity contribution in [1.29, 1.82) is 0 Å². The van der Waals surface area contributed by atoms with E-state index in [0.29, 0.717) is 31.0 Å². The maximum atomic E-state index is 12.1. The van der Waals surface area contributed by atoms with Gasteiger partial charge in [-0.3, -0.25) is 0 Å². The lowest BCUT2D eigenvalue weighted by atomic mass is 9.66. The second-order valence-electron chi connectivity index (χ2n) is 8.12. The number of rotatable bonds is 9. The highest BCUT2D eigenvalue weighted by molar-refractivity contribution is 7.98. The fourth-order valence-corrected chi connectivity index (χ4v) is 5.34. The molecule has 6 unspecified atom stereocenters. The van der Waals surface area contributed by atoms with E-state index in [-0.39, 0.29) is 12.0 Å². The molecule has 1 saturated carbocycles. The number of carbonyl (C=O) groups is 1. The van der Waals surface area contributed by atoms with Crippen LogP contribution in [-0.4, -0.2) is 72.3 Å². The minimum absolute atomic E-state index is 0.0160. The van der Waals surface area contributed by atoms with Gasteiger partial charge in [-0.05, 0) is 46.3 Å². The molecule has 2 aliphatic rings. The van der Waals surface area contributed by atoms with Gasteiger partial charge in [0.2, 0.25) is 0 Å². The molecule has 0 aromatic rings. The molecule has 1 aliphatic carbocycles. The second kappa shape index (κ2) is 10.0. The van der Waals surface area contributed by atoms with E-state index in [1.807, 2.05) is 13.2 Å². The molecule has 0 aromatic heterocycles. The zero-order chi connectivity index (χ0) is 20.9. The molecule has 2 fully saturated rings. The van der Waals surface area contributed by atoms with E-state index in [4.69, 9.17) is 25.8 Å². The molecule has 0 radical (unpaired) electrons. The number of hydrogen-bond donors (Lipinski definition) is 2. The lowest BCUT2D eigenvalue weighted by Crippen LogP contribution is -2.61. The maximum absolute atomic E-state index is 12.1. The van der Waals surface area contributed by atoms with Crippen molar-refractivity contribution < 1.29 is 24.1 Å². The van der Waals surface area contributed by atoms with Gasteiger partial charge in [0, 0.05) is 31.2 Å². The normalized spacial score (nSPS) is 37.2. The number of thioether (sulfide) groups is 1. The van der Waals surface area contributed by atoms with Crippen LogP contribution in [0.25, 0.3) is 0 Å². The van der Waals surface area contributed by atoms with Crippen molar-refractivity contribution in [2.45, 2.75) is 69.5 Å². The molecule has 2 N–H and O–H groups in total. The zero-order valence-electron chi connectivity index (χ0n) is 17.5. The third kappa shape index (κ3) is 5.36. The van der Waals surface area contributed by atoms with Crippen molar-refractivity contribution in [2.24, 2.45) is 5.92 Å². The van der Waals surface area contributed by atoms with Crippen LogP contribution in [0.5, 0.6) is 0 Å². The number of nitrogens with one attached hydrogen (secondary N) is 1. The number of allylic oxidation sites excluding steroid dienone is 1. The summed E-state index contributed by atoms with van der Waals surface area (Å²) in [5.41, 5.74) is -0.228. The Morgan fingerprint density at radius 1 is 1.46 bits per heavy atom. The number of aliphatic hydroxyl groups is 1. The number of epoxide rings is 1. The molecule has 1 amide bonds. The highest BCUT2D eigenvalue weighted by Gasteiger charge is 2.67. The van der Waals surface area contributed by atoms with Crippen LogP contribution in [0.4, 0.5) is 4.79 Å². The van der Waals surface area contributed by atoms with E-state index < -0.39 is 29.5 Å². The van der Waals surface area contributed by atoms with Crippen molar-refractivity contribution in [3.63, 3.8) is 0 Å². The van der Waals surface area contributed by atoms with E-state index in [0.717, 1.165) is 6.42 Å². The largest absolute Gasteiger partial charge is 0.443 e. The number of alkyl carbamates (subject to hydrolysis) is 1. The zero-order valence-corrected chi connectivity index (χ0v) is 19.1. The van der Waals surface area contributed by atoms with Crippen LogP contribution in [0.15, 0.2) is 11.6 Å². The first kappa shape index (κ1) is 23.8. The molecule has 2 rings (SSSR count). The van der Waals surface area contributed by atoms with Crippen molar-refractivity contribution in [2.75, 3.05) is 31.5 Å². The van der Waals surface area contributed by atoms with Gasteiger partial charge in [-0.25, -0.2) is 4.79 Å². The molecule has 1 heterocycles. The van der Waals surface area contributed by atoms with Gasteiger partial charge in [0.1, 0.15) is 17.8 Å². The lowest BCUT2D eigenvalue weighted by molar-refractivity contribution is -0.169. The van der Waals surface area contributed by atoms with Gasteiger partial charge in [-0.1, -0.05) is 11.6 Å². The predicted octanol–water partition coefficient (Wildman–Crippen LogP) is 3.35. The third-order valence-electron chi connectivity index (χ3n) is 5.76. The van der Waals surface area contributed by atoms with Crippen LogP contribution in [-0.2, 0) is 14.2 Å². The van der Waals surface area contributed by atoms with Crippen molar-refractivity contribution in [1.82, 2.24) is 5.32 Å². The summed E-state index contributed by atoms with van der Waals surface area (Å²) >= 11 is 7.23. The smallest absolute Gasteiger partial charge is 0.407 e. The first-order valence-corrected chi connectivity index (χ1v) is 11.7. The Bertz CT molecular complexity index is 573. The number of carbonyl (C=O) groups excluding carboxylic acids is 1. The fraction of sp³-hybridized carbons (Fsp3) is 0.850. The number of alkyl halides is 1. The molecule has 0 bridgehead atoms. The Kier molecular flexibility index (Phi) is 8.52. The molecular weight excluding hydrogens is 402 g/mol. The van der Waals surface area contributed by atoms with Crippen LogP contribution in [0, 0.1) is 5.92 Å². The summed E-state index contributed by atoms with van der Waals surface area (Å²) in [6.07, 6.45) is 4.61. The monoisotopic (exact) mass is 435 g/mol. The third-order valence-corrected chi connectivity index (χ3v) is 6.74. The van der Waals surface area contributed by atoms with Crippen LogP contribution in [0.3, 0.4) is 0 Å². The van der Waals surface area contributed by atoms with Gasteiger partial charge in [-0.15, -0.1) is 11.6 Å². The van der Waals surface area contributed by atoms with Crippen LogP contribution >= 0.6 is 23.4 Å². The van der Waals surface area contributed by atoms with Gasteiger partial charge in [0.15, 0.2) is 0 Å². The molecule has 6 nitrogen and oxygen atoms in total. The Morgan fingerprint density at radius 3 is 2.75 bits per heavy atom. The summed E-state index contributed by atoms with van der Waals surface area (Å²) in [6, 6.07) is 0. The number of ether oxygens (including phenoxy) is 3. The summed E-state index contributed by atoms with van der Waals surface area (Å²) in [5, 5.41) is 14.2.